The Morgan fingerprint density at radius 3 is 2.58 bits per heavy atom. The smallest absolute Gasteiger partial charge is 0.308 e. The second kappa shape index (κ2) is 5.74. The lowest BCUT2D eigenvalue weighted by Crippen LogP contribution is -2.38. The van der Waals surface area contributed by atoms with Gasteiger partial charge in [-0.2, -0.15) is 0 Å². The van der Waals surface area contributed by atoms with Crippen molar-refractivity contribution in [1.82, 2.24) is 10.2 Å². The molecule has 0 spiro atoms. The zero-order valence-electron chi connectivity index (χ0n) is 11.5. The van der Waals surface area contributed by atoms with Crippen LogP contribution in [0.2, 0.25) is 0 Å². The van der Waals surface area contributed by atoms with E-state index in [9.17, 15) is 4.79 Å². The number of carbonyl (C=O) groups excluding carboxylic acids is 1. The second-order valence-corrected chi connectivity index (χ2v) is 4.95. The summed E-state index contributed by atoms with van der Waals surface area (Å²) in [5.74, 6) is 0.579. The van der Waals surface area contributed by atoms with Gasteiger partial charge in [0.05, 0.1) is 6.54 Å². The van der Waals surface area contributed by atoms with Crippen molar-refractivity contribution in [2.24, 2.45) is 0 Å². The molecule has 1 unspecified atom stereocenters. The largest absolute Gasteiger partial charge is 0.326 e. The molecular formula is C16H20N2O. The van der Waals surface area contributed by atoms with Crippen molar-refractivity contribution in [2.75, 3.05) is 0 Å². The molecule has 19 heavy (non-hydrogen) atoms. The molecule has 1 heterocycles. The molecule has 100 valence electrons. The third kappa shape index (κ3) is 3.25. The maximum atomic E-state index is 11.7. The molecule has 1 aliphatic heterocycles. The van der Waals surface area contributed by atoms with Crippen molar-refractivity contribution in [1.29, 1.82) is 0 Å². The van der Waals surface area contributed by atoms with Crippen LogP contribution in [-0.2, 0) is 6.54 Å². The van der Waals surface area contributed by atoms with Crippen molar-refractivity contribution >= 4 is 6.03 Å². The van der Waals surface area contributed by atoms with Crippen LogP contribution in [0.25, 0.3) is 0 Å². The van der Waals surface area contributed by atoms with Gasteiger partial charge in [0, 0.05) is 11.9 Å². The summed E-state index contributed by atoms with van der Waals surface area (Å²) in [6.45, 7) is 8.69. The topological polar surface area (TPSA) is 32.3 Å². The van der Waals surface area contributed by atoms with Crippen LogP contribution in [-0.4, -0.2) is 10.9 Å². The third-order valence-electron chi connectivity index (χ3n) is 3.50. The van der Waals surface area contributed by atoms with E-state index < -0.39 is 0 Å². The summed E-state index contributed by atoms with van der Waals surface area (Å²) in [7, 11) is 0. The number of hydrogen-bond acceptors (Lipinski definition) is 1. The first-order chi connectivity index (χ1) is 9.10. The summed E-state index contributed by atoms with van der Waals surface area (Å²) in [6, 6.07) is 8.35. The van der Waals surface area contributed by atoms with Crippen molar-refractivity contribution in [3.63, 3.8) is 0 Å². The molecule has 2 amide bonds. The molecule has 1 aromatic rings. The van der Waals surface area contributed by atoms with Crippen LogP contribution in [0.5, 0.6) is 0 Å². The van der Waals surface area contributed by atoms with Crippen molar-refractivity contribution in [3.05, 3.63) is 59.9 Å². The van der Waals surface area contributed by atoms with Gasteiger partial charge in [0.25, 0.3) is 0 Å². The Bertz CT molecular complexity index is 502. The van der Waals surface area contributed by atoms with E-state index in [2.05, 4.69) is 50.0 Å². The van der Waals surface area contributed by atoms with Crippen LogP contribution in [0, 0.1) is 0 Å². The second-order valence-electron chi connectivity index (χ2n) is 4.95. The monoisotopic (exact) mass is 256 g/mol. The summed E-state index contributed by atoms with van der Waals surface area (Å²) in [6.07, 6.45) is 4.71. The number of rotatable bonds is 4. The summed E-state index contributed by atoms with van der Waals surface area (Å²) < 4.78 is 0. The number of urea groups is 1. The van der Waals surface area contributed by atoms with Gasteiger partial charge in [0.1, 0.15) is 0 Å². The molecule has 0 fully saturated rings. The first-order valence-corrected chi connectivity index (χ1v) is 6.63. The average molecular weight is 256 g/mol. The Labute approximate surface area is 114 Å². The fourth-order valence-electron chi connectivity index (χ4n) is 2.01. The predicted molar refractivity (Wildman–Crippen MR) is 77.5 cm³/mol. The Kier molecular flexibility index (Phi) is 4.05. The lowest BCUT2D eigenvalue weighted by molar-refractivity contribution is 0.215. The average Bonchev–Trinajstić information content (AvgIpc) is 2.42. The van der Waals surface area contributed by atoms with E-state index in [1.807, 2.05) is 0 Å². The van der Waals surface area contributed by atoms with E-state index in [0.29, 0.717) is 18.2 Å². The van der Waals surface area contributed by atoms with Crippen LogP contribution in [0.3, 0.4) is 0 Å². The zero-order valence-corrected chi connectivity index (χ0v) is 11.5. The summed E-state index contributed by atoms with van der Waals surface area (Å²) in [5.41, 5.74) is 3.10. The van der Waals surface area contributed by atoms with Gasteiger partial charge >= 0.3 is 6.03 Å². The highest BCUT2D eigenvalue weighted by Gasteiger charge is 2.15. The van der Waals surface area contributed by atoms with Crippen LogP contribution in [0.1, 0.15) is 37.3 Å². The number of carbonyl (C=O) groups is 1. The van der Waals surface area contributed by atoms with Gasteiger partial charge in [-0.25, -0.2) is 4.79 Å². The Hall–Kier alpha value is -2.03. The highest BCUT2D eigenvalue weighted by atomic mass is 16.2. The maximum Gasteiger partial charge on any atom is 0.326 e. The van der Waals surface area contributed by atoms with Gasteiger partial charge in [0.2, 0.25) is 0 Å². The van der Waals surface area contributed by atoms with Gasteiger partial charge in [0.15, 0.2) is 0 Å². The lowest BCUT2D eigenvalue weighted by atomic mass is 9.97. The third-order valence-corrected chi connectivity index (χ3v) is 3.50. The molecule has 1 aliphatic rings. The molecule has 3 heteroatoms. The van der Waals surface area contributed by atoms with Crippen LogP contribution in [0.4, 0.5) is 4.79 Å². The molecule has 0 aliphatic carbocycles. The molecule has 3 nitrogen and oxygen atoms in total. The first-order valence-electron chi connectivity index (χ1n) is 6.63. The normalized spacial score (nSPS) is 16.4. The van der Waals surface area contributed by atoms with Crippen LogP contribution in [0.15, 0.2) is 48.8 Å². The van der Waals surface area contributed by atoms with Crippen molar-refractivity contribution in [2.45, 2.75) is 32.7 Å². The molecule has 1 atom stereocenters. The number of benzene rings is 1. The van der Waals surface area contributed by atoms with E-state index in [-0.39, 0.29) is 6.03 Å². The lowest BCUT2D eigenvalue weighted by Gasteiger charge is -2.23. The Morgan fingerprint density at radius 1 is 1.32 bits per heavy atom. The predicted octanol–water partition coefficient (Wildman–Crippen LogP) is 3.75. The number of nitrogens with zero attached hydrogens (tertiary/aromatic N) is 1. The Balaban J connectivity index is 2.05. The fraction of sp³-hybridized carbons (Fsp3) is 0.312. The van der Waals surface area contributed by atoms with Crippen LogP contribution < -0.4 is 5.32 Å². The van der Waals surface area contributed by atoms with Crippen molar-refractivity contribution < 1.29 is 4.79 Å². The first kappa shape index (κ1) is 13.4. The number of nitrogens with one attached hydrogen (secondary N) is 1. The molecule has 0 radical (unpaired) electrons. The standard InChI is InChI=1S/C16H20N2O/c1-4-12(2)15-7-5-14(6-8-15)11-18-10-9-13(3)17-16(18)19/h5-10,12H,3-4,11H2,1-2H3,(H,17,19). The molecule has 1 N–H and O–H groups in total. The molecule has 1 aromatic carbocycles. The molecule has 0 saturated heterocycles. The molecule has 2 rings (SSSR count). The minimum absolute atomic E-state index is 0.126. The van der Waals surface area contributed by atoms with E-state index in [4.69, 9.17) is 0 Å². The van der Waals surface area contributed by atoms with Crippen molar-refractivity contribution in [3.8, 4) is 0 Å². The molecule has 0 bridgehead atoms. The quantitative estimate of drug-likeness (QED) is 0.874. The molecular weight excluding hydrogens is 236 g/mol. The van der Waals surface area contributed by atoms with Gasteiger partial charge < -0.3 is 5.32 Å². The number of allylic oxidation sites excluding steroid dienone is 1. The Morgan fingerprint density at radius 2 is 2.00 bits per heavy atom. The minimum Gasteiger partial charge on any atom is -0.308 e. The van der Waals surface area contributed by atoms with Crippen LogP contribution >= 0.6 is 0 Å². The summed E-state index contributed by atoms with van der Waals surface area (Å²) in [4.78, 5) is 13.4. The zero-order chi connectivity index (χ0) is 13.8. The SMILES string of the molecule is C=C1C=CN(Cc2ccc(C(C)CC)cc2)C(=O)N1. The van der Waals surface area contributed by atoms with E-state index >= 15 is 0 Å². The van der Waals surface area contributed by atoms with Gasteiger partial charge in [-0.05, 0) is 29.5 Å². The van der Waals surface area contributed by atoms with Gasteiger partial charge in [-0.3, -0.25) is 4.90 Å². The molecule has 0 saturated carbocycles. The summed E-state index contributed by atoms with van der Waals surface area (Å²) in [5, 5.41) is 2.69. The number of amides is 2. The highest BCUT2D eigenvalue weighted by Crippen LogP contribution is 2.19. The number of hydrogen-bond donors (Lipinski definition) is 1. The van der Waals surface area contributed by atoms with Gasteiger partial charge in [-0.15, -0.1) is 0 Å². The summed E-state index contributed by atoms with van der Waals surface area (Å²) >= 11 is 0. The van der Waals surface area contributed by atoms with Gasteiger partial charge in [-0.1, -0.05) is 44.7 Å². The highest BCUT2D eigenvalue weighted by molar-refractivity contribution is 5.79. The fourth-order valence-corrected chi connectivity index (χ4v) is 2.01. The van der Waals surface area contributed by atoms with E-state index in [1.54, 1.807) is 17.2 Å². The molecule has 0 aromatic heterocycles. The van der Waals surface area contributed by atoms with E-state index in [1.165, 1.54) is 5.56 Å². The maximum absolute atomic E-state index is 11.7. The minimum atomic E-state index is -0.126. The van der Waals surface area contributed by atoms with E-state index in [0.717, 1.165) is 12.0 Å².